The third-order valence-corrected chi connectivity index (χ3v) is 10.2. The average Bonchev–Trinajstić information content (AvgIpc) is 3.61. The van der Waals surface area contributed by atoms with E-state index in [1.807, 2.05) is 61.7 Å². The second-order valence-corrected chi connectivity index (χ2v) is 12.3. The molecule has 2 fully saturated rings. The molecule has 4 aromatic rings. The van der Waals surface area contributed by atoms with Crippen molar-refractivity contribution in [2.24, 2.45) is 0 Å². The number of amides is 2. The molecule has 2 saturated heterocycles. The second kappa shape index (κ2) is 8.44. The number of carbonyl (C=O) groups is 2. The van der Waals surface area contributed by atoms with Gasteiger partial charge in [0.15, 0.2) is 0 Å². The van der Waals surface area contributed by atoms with Crippen molar-refractivity contribution < 1.29 is 18.0 Å². The molecule has 3 aliphatic rings. The van der Waals surface area contributed by atoms with Crippen LogP contribution < -0.4 is 4.31 Å². The molecular formula is C30H28N4O4S. The zero-order chi connectivity index (χ0) is 26.9. The maximum atomic E-state index is 14.4. The van der Waals surface area contributed by atoms with E-state index in [0.717, 1.165) is 22.9 Å². The molecule has 0 N–H and O–H groups in total. The summed E-state index contributed by atoms with van der Waals surface area (Å²) in [5.74, 6) is -0.367. The summed E-state index contributed by atoms with van der Waals surface area (Å²) >= 11 is 0. The first kappa shape index (κ1) is 24.0. The van der Waals surface area contributed by atoms with Gasteiger partial charge in [0.1, 0.15) is 17.7 Å². The third kappa shape index (κ3) is 3.13. The van der Waals surface area contributed by atoms with Crippen LogP contribution in [0.3, 0.4) is 0 Å². The van der Waals surface area contributed by atoms with Crippen molar-refractivity contribution in [2.75, 3.05) is 17.4 Å². The molecule has 3 aromatic carbocycles. The molecule has 0 radical (unpaired) electrons. The number of benzene rings is 3. The van der Waals surface area contributed by atoms with Gasteiger partial charge in [-0.05, 0) is 42.1 Å². The topological polar surface area (TPSA) is 82.9 Å². The van der Waals surface area contributed by atoms with Gasteiger partial charge in [-0.25, -0.2) is 12.7 Å². The summed E-state index contributed by atoms with van der Waals surface area (Å²) in [5, 5.41) is 1.00. The highest BCUT2D eigenvalue weighted by Crippen LogP contribution is 2.58. The molecule has 3 atom stereocenters. The summed E-state index contributed by atoms with van der Waals surface area (Å²) in [4.78, 5) is 31.0. The van der Waals surface area contributed by atoms with Crippen LogP contribution in [0.2, 0.25) is 0 Å². The Bertz CT molecular complexity index is 1730. The van der Waals surface area contributed by atoms with Crippen LogP contribution >= 0.6 is 0 Å². The Morgan fingerprint density at radius 3 is 2.41 bits per heavy atom. The van der Waals surface area contributed by atoms with Crippen molar-refractivity contribution in [2.45, 2.75) is 42.4 Å². The number of para-hydroxylation sites is 2. The van der Waals surface area contributed by atoms with Gasteiger partial charge in [0.05, 0.1) is 17.1 Å². The Hall–Kier alpha value is -4.11. The van der Waals surface area contributed by atoms with E-state index >= 15 is 0 Å². The number of carbonyl (C=O) groups excluding carboxylic acids is 2. The number of hydrogen-bond acceptors (Lipinski definition) is 4. The zero-order valence-corrected chi connectivity index (χ0v) is 22.3. The van der Waals surface area contributed by atoms with Crippen LogP contribution in [0.15, 0.2) is 96.0 Å². The lowest BCUT2D eigenvalue weighted by atomic mass is 9.86. The van der Waals surface area contributed by atoms with Crippen LogP contribution in [-0.4, -0.2) is 59.9 Å². The lowest BCUT2D eigenvalue weighted by Crippen LogP contribution is -2.63. The number of fused-ring (bicyclic) bond motifs is 6. The molecule has 0 bridgehead atoms. The molecule has 2 amide bonds. The fourth-order valence-electron chi connectivity index (χ4n) is 6.88. The van der Waals surface area contributed by atoms with Gasteiger partial charge >= 0.3 is 0 Å². The van der Waals surface area contributed by atoms with Gasteiger partial charge in [-0.2, -0.15) is 0 Å². The summed E-state index contributed by atoms with van der Waals surface area (Å²) in [7, 11) is -4.10. The Morgan fingerprint density at radius 2 is 1.62 bits per heavy atom. The van der Waals surface area contributed by atoms with E-state index < -0.39 is 27.8 Å². The highest BCUT2D eigenvalue weighted by atomic mass is 32.2. The molecule has 0 saturated carbocycles. The van der Waals surface area contributed by atoms with Gasteiger partial charge in [-0.3, -0.25) is 9.59 Å². The zero-order valence-electron chi connectivity index (χ0n) is 21.5. The quantitative estimate of drug-likeness (QED) is 0.386. The minimum absolute atomic E-state index is 0.0578. The normalized spacial score (nSPS) is 24.3. The van der Waals surface area contributed by atoms with Crippen molar-refractivity contribution in [1.29, 1.82) is 0 Å². The third-order valence-electron chi connectivity index (χ3n) is 8.39. The molecule has 9 heteroatoms. The number of piperazine rings is 1. The molecular weight excluding hydrogens is 512 g/mol. The smallest absolute Gasteiger partial charge is 0.266 e. The maximum absolute atomic E-state index is 14.4. The second-order valence-electron chi connectivity index (χ2n) is 10.5. The number of nitrogens with zero attached hydrogens (tertiary/aromatic N) is 4. The minimum atomic E-state index is -4.10. The lowest BCUT2D eigenvalue weighted by molar-refractivity contribution is -0.155. The van der Waals surface area contributed by atoms with Crippen LogP contribution in [0, 0.1) is 0 Å². The maximum Gasteiger partial charge on any atom is 0.266 e. The highest BCUT2D eigenvalue weighted by molar-refractivity contribution is 7.92. The first-order valence-corrected chi connectivity index (χ1v) is 14.7. The average molecular weight is 541 g/mol. The van der Waals surface area contributed by atoms with E-state index in [0.29, 0.717) is 12.2 Å². The monoisotopic (exact) mass is 540 g/mol. The number of rotatable bonds is 5. The Morgan fingerprint density at radius 1 is 0.897 bits per heavy atom. The van der Waals surface area contributed by atoms with E-state index in [-0.39, 0.29) is 29.7 Å². The molecule has 7 rings (SSSR count). The predicted molar refractivity (Wildman–Crippen MR) is 147 cm³/mol. The molecule has 0 spiro atoms. The summed E-state index contributed by atoms with van der Waals surface area (Å²) in [6.45, 7) is 2.41. The van der Waals surface area contributed by atoms with E-state index in [1.54, 1.807) is 46.2 Å². The first-order valence-electron chi connectivity index (χ1n) is 13.2. The van der Waals surface area contributed by atoms with Crippen LogP contribution in [0.4, 0.5) is 5.69 Å². The first-order chi connectivity index (χ1) is 18.9. The van der Waals surface area contributed by atoms with Gasteiger partial charge in [0.2, 0.25) is 11.8 Å². The lowest BCUT2D eigenvalue weighted by Gasteiger charge is -2.42. The van der Waals surface area contributed by atoms with Crippen molar-refractivity contribution in [3.05, 3.63) is 96.7 Å². The van der Waals surface area contributed by atoms with Gasteiger partial charge in [0, 0.05) is 30.2 Å². The summed E-state index contributed by atoms with van der Waals surface area (Å²) in [5.41, 5.74) is 1.23. The Labute approximate surface area is 227 Å². The van der Waals surface area contributed by atoms with Crippen molar-refractivity contribution >= 4 is 38.4 Å². The molecule has 3 aliphatic heterocycles. The Kier molecular flexibility index (Phi) is 5.19. The van der Waals surface area contributed by atoms with E-state index in [2.05, 4.69) is 4.57 Å². The summed E-state index contributed by atoms with van der Waals surface area (Å²) in [6.07, 6.45) is 2.03. The summed E-state index contributed by atoms with van der Waals surface area (Å²) in [6, 6.07) is 24.9. The van der Waals surface area contributed by atoms with Crippen LogP contribution in [0.1, 0.15) is 25.3 Å². The standard InChI is InChI=1S/C30H28N4O4S/c1-2-17-31-20-27(35)33-26(28(31)36)19-30(32-18-16-21-10-6-8-14-24(21)32)23-13-7-9-15-25(23)34(29(30)33)39(37,38)22-11-4-3-5-12-22/h3-16,18,26,29H,2,17,19-20H2,1H3/t26-,29-,30-/m1/s1. The molecule has 198 valence electrons. The molecule has 0 unspecified atom stereocenters. The SMILES string of the molecule is CCCN1CC(=O)N2[C@H](C[C@@]3(n4ccc5ccccc54)c4ccccc4N(S(=O)(=O)c4ccccc4)[C@@H]23)C1=O. The molecule has 0 aliphatic carbocycles. The minimum Gasteiger partial charge on any atom is -0.333 e. The predicted octanol–water partition coefficient (Wildman–Crippen LogP) is 3.77. The fourth-order valence-corrected chi connectivity index (χ4v) is 8.56. The number of sulfonamides is 1. The van der Waals surface area contributed by atoms with E-state index in [1.165, 1.54) is 4.31 Å². The summed E-state index contributed by atoms with van der Waals surface area (Å²) < 4.78 is 32.3. The van der Waals surface area contributed by atoms with E-state index in [4.69, 9.17) is 0 Å². The van der Waals surface area contributed by atoms with E-state index in [9.17, 15) is 18.0 Å². The number of anilines is 1. The molecule has 4 heterocycles. The van der Waals surface area contributed by atoms with Gasteiger partial charge in [-0.15, -0.1) is 0 Å². The van der Waals surface area contributed by atoms with Gasteiger partial charge in [-0.1, -0.05) is 61.5 Å². The number of hydrogen-bond donors (Lipinski definition) is 0. The largest absolute Gasteiger partial charge is 0.333 e. The molecule has 1 aromatic heterocycles. The van der Waals surface area contributed by atoms with Crippen molar-refractivity contribution in [3.8, 4) is 0 Å². The van der Waals surface area contributed by atoms with Crippen LogP contribution in [0.5, 0.6) is 0 Å². The molecule has 39 heavy (non-hydrogen) atoms. The van der Waals surface area contributed by atoms with Crippen molar-refractivity contribution in [3.63, 3.8) is 0 Å². The van der Waals surface area contributed by atoms with Gasteiger partial charge < -0.3 is 14.4 Å². The van der Waals surface area contributed by atoms with Gasteiger partial charge in [0.25, 0.3) is 10.0 Å². The van der Waals surface area contributed by atoms with Crippen LogP contribution in [-0.2, 0) is 25.2 Å². The molecule has 8 nitrogen and oxygen atoms in total. The van der Waals surface area contributed by atoms with Crippen LogP contribution in [0.25, 0.3) is 10.9 Å². The highest BCUT2D eigenvalue weighted by Gasteiger charge is 2.68. The number of aromatic nitrogens is 1. The Balaban J connectivity index is 1.53. The fraction of sp³-hybridized carbons (Fsp3) is 0.267. The van der Waals surface area contributed by atoms with Crippen molar-refractivity contribution in [1.82, 2.24) is 14.4 Å².